The van der Waals surface area contributed by atoms with Gasteiger partial charge in [-0.15, -0.1) is 48.1 Å². The first-order valence-electron chi connectivity index (χ1n) is 33.7. The monoisotopic (exact) mass is 1290 g/mol. The van der Waals surface area contributed by atoms with Crippen LogP contribution in [0.25, 0.3) is 61.0 Å². The molecule has 10 aromatic rings. The zero-order chi connectivity index (χ0) is 66.6. The van der Waals surface area contributed by atoms with Gasteiger partial charge in [0.25, 0.3) is 0 Å². The zero-order valence-electron chi connectivity index (χ0n) is 60.5. The number of rotatable bonds is 8. The van der Waals surface area contributed by atoms with Gasteiger partial charge >= 0.3 is 0 Å². The van der Waals surface area contributed by atoms with Gasteiger partial charge in [-0.05, 0) is 137 Å². The molecule has 1 aliphatic carbocycles. The number of aromatic nitrogens is 2. The maximum Gasteiger partial charge on any atom is 0.135 e. The van der Waals surface area contributed by atoms with Crippen LogP contribution in [0.15, 0.2) is 170 Å². The van der Waals surface area contributed by atoms with E-state index in [4.69, 9.17) is 19.3 Å². The Bertz CT molecular complexity index is 4650. The SMILES string of the molecule is [2H]c1c([2H])c([2H])c(-c2cnc(-n3c4[c-]c(Oc5[c-]c(N6[CH-]N(c7c(-c8cc(C(C)(C)C)cc(C(C)(C)C)c8)cc(C(C)(C)C)cc7-c7ccc8c(c7)C(C)(C)CCC8(C)C)c7ccccc76)ccc5)ccc4c4c([2H])c([2H])c([2H])c([2H])c43)cc2C(C)(C)C)c([2H])c1[2H].[Pt]. The van der Waals surface area contributed by atoms with Crippen molar-refractivity contribution in [2.45, 2.75) is 156 Å². The fourth-order valence-electron chi connectivity index (χ4n) is 12.1. The summed E-state index contributed by atoms with van der Waals surface area (Å²) in [5.41, 5.74) is 15.2. The quantitative estimate of drug-likeness (QED) is 0.142. The summed E-state index contributed by atoms with van der Waals surface area (Å²) in [6.45, 7) is 38.3. The van der Waals surface area contributed by atoms with E-state index in [1.807, 2.05) is 39.0 Å². The van der Waals surface area contributed by atoms with Gasteiger partial charge in [-0.1, -0.05) is 213 Å². The summed E-state index contributed by atoms with van der Waals surface area (Å²) in [4.78, 5) is 9.41. The molecule has 0 radical (unpaired) electrons. The first-order valence-corrected chi connectivity index (χ1v) is 29.2. The van der Waals surface area contributed by atoms with Crippen LogP contribution < -0.4 is 14.5 Å². The van der Waals surface area contributed by atoms with Crippen molar-refractivity contribution in [1.29, 1.82) is 0 Å². The molecule has 8 aromatic carbocycles. The van der Waals surface area contributed by atoms with Crippen LogP contribution in [0.2, 0.25) is 0 Å². The normalized spacial score (nSPS) is 16.5. The van der Waals surface area contributed by atoms with Gasteiger partial charge in [0.05, 0.1) is 12.3 Å². The number of para-hydroxylation sites is 3. The number of anilines is 4. The van der Waals surface area contributed by atoms with Gasteiger partial charge < -0.3 is 19.1 Å². The van der Waals surface area contributed by atoms with Crippen molar-refractivity contribution in [3.63, 3.8) is 0 Å². The van der Waals surface area contributed by atoms with Crippen molar-refractivity contribution < 1.29 is 38.1 Å². The first-order chi connectivity index (χ1) is 42.9. The van der Waals surface area contributed by atoms with E-state index in [9.17, 15) is 2.74 Å². The molecule has 2 aliphatic rings. The van der Waals surface area contributed by atoms with E-state index in [2.05, 4.69) is 191 Å². The fraction of sp³-hybridized carbons (Fsp3) is 0.308. The molecule has 84 heavy (non-hydrogen) atoms. The van der Waals surface area contributed by atoms with E-state index in [0.29, 0.717) is 33.5 Å². The van der Waals surface area contributed by atoms with Gasteiger partial charge in [-0.25, -0.2) is 4.98 Å². The third-order valence-electron chi connectivity index (χ3n) is 17.2. The number of ether oxygens (including phenoxy) is 1. The molecule has 3 heterocycles. The molecular weight excluding hydrogens is 1200 g/mol. The number of benzene rings is 8. The average molecular weight is 1290 g/mol. The predicted molar refractivity (Wildman–Crippen MR) is 351 cm³/mol. The number of fused-ring (bicyclic) bond motifs is 5. The van der Waals surface area contributed by atoms with Gasteiger partial charge in [-0.2, -0.15) is 12.1 Å². The summed E-state index contributed by atoms with van der Waals surface area (Å²) in [5, 5.41) is 0.741. The third kappa shape index (κ3) is 10.7. The number of pyridine rings is 1. The Morgan fingerprint density at radius 2 is 1.12 bits per heavy atom. The second kappa shape index (κ2) is 21.1. The van der Waals surface area contributed by atoms with E-state index in [1.165, 1.54) is 34.0 Å². The van der Waals surface area contributed by atoms with Crippen LogP contribution in [-0.4, -0.2) is 9.55 Å². The molecule has 6 heteroatoms. The minimum atomic E-state index is -0.677. The Morgan fingerprint density at radius 3 is 1.77 bits per heavy atom. The van der Waals surface area contributed by atoms with Crippen molar-refractivity contribution in [1.82, 2.24) is 9.55 Å². The van der Waals surface area contributed by atoms with E-state index in [-0.39, 0.29) is 100 Å². The van der Waals surface area contributed by atoms with Crippen molar-refractivity contribution in [2.24, 2.45) is 0 Å². The Morgan fingerprint density at radius 1 is 0.524 bits per heavy atom. The number of hydrogen-bond donors (Lipinski definition) is 0. The minimum absolute atomic E-state index is 0. The molecule has 432 valence electrons. The van der Waals surface area contributed by atoms with Crippen LogP contribution in [0.1, 0.15) is 169 Å². The summed E-state index contributed by atoms with van der Waals surface area (Å²) in [5.74, 6) is 0.928. The molecule has 0 spiro atoms. The van der Waals surface area contributed by atoms with E-state index >= 15 is 0 Å². The van der Waals surface area contributed by atoms with Crippen molar-refractivity contribution in [3.05, 3.63) is 222 Å². The zero-order valence-corrected chi connectivity index (χ0v) is 53.7. The average Bonchev–Trinajstić information content (AvgIpc) is 1.66. The van der Waals surface area contributed by atoms with E-state index in [0.717, 1.165) is 52.2 Å². The number of nitrogens with zero attached hydrogens (tertiary/aromatic N) is 4. The summed E-state index contributed by atoms with van der Waals surface area (Å²) < 4.78 is 87.7. The van der Waals surface area contributed by atoms with E-state index < -0.39 is 35.6 Å². The molecule has 2 aromatic heterocycles. The van der Waals surface area contributed by atoms with Gasteiger partial charge in [0.15, 0.2) is 0 Å². The van der Waals surface area contributed by atoms with Gasteiger partial charge in [0, 0.05) is 78.0 Å². The Kier molecular flexibility index (Phi) is 12.1. The van der Waals surface area contributed by atoms with Gasteiger partial charge in [0.2, 0.25) is 0 Å². The van der Waals surface area contributed by atoms with Crippen molar-refractivity contribution >= 4 is 44.6 Å². The summed E-state index contributed by atoms with van der Waals surface area (Å²) in [6, 6.07) is 42.4. The molecule has 0 amide bonds. The Hall–Kier alpha value is -7.20. The van der Waals surface area contributed by atoms with Crippen molar-refractivity contribution in [2.75, 3.05) is 9.80 Å². The standard InChI is InChI=1S/C78H81N4O.Pt/c1-73(2,3)53-39-52(40-54(42-53)74(4,5)6)62-44-55(75(7,8)9)43-61(51-33-36-64-66(41-51)78(15,16)38-37-77(64,13)14)72(62)81-49-80(68-31-22-23-32-69(68)81)56-27-24-28-57(45-56)83-58-34-35-60-59-29-20-21-30-67(59)82(70(60)46-58)71-47-65(76(10,11)12)63(48-79-71)50-25-18-17-19-26-50;/h17-36,39-44,47-49H,37-38H2,1-16H3;/q-3;/i17D,18D,19D,20D,21D,25D,26D,29D,30D;. The van der Waals surface area contributed by atoms with Crippen LogP contribution in [0.3, 0.4) is 0 Å². The minimum Gasteiger partial charge on any atom is -0.509 e. The van der Waals surface area contributed by atoms with Crippen LogP contribution in [0.4, 0.5) is 22.7 Å². The Balaban J connectivity index is 0.00000884. The van der Waals surface area contributed by atoms with Crippen LogP contribution in [0.5, 0.6) is 11.5 Å². The largest absolute Gasteiger partial charge is 0.509 e. The molecular formula is C78H81N4OPt-3. The summed E-state index contributed by atoms with van der Waals surface area (Å²) in [6.07, 6.45) is 3.69. The molecule has 0 unspecified atom stereocenters. The van der Waals surface area contributed by atoms with Gasteiger partial charge in [-0.3, -0.25) is 0 Å². The molecule has 12 rings (SSSR count). The number of hydrogen-bond acceptors (Lipinski definition) is 4. The first kappa shape index (κ1) is 48.1. The molecule has 5 nitrogen and oxygen atoms in total. The van der Waals surface area contributed by atoms with Gasteiger partial charge in [0.1, 0.15) is 5.82 Å². The maximum absolute atomic E-state index is 9.34. The van der Waals surface area contributed by atoms with Crippen LogP contribution in [0, 0.1) is 18.8 Å². The second-order valence-corrected chi connectivity index (χ2v) is 28.3. The molecule has 0 atom stereocenters. The Labute approximate surface area is 528 Å². The summed E-state index contributed by atoms with van der Waals surface area (Å²) >= 11 is 0. The smallest absolute Gasteiger partial charge is 0.135 e. The molecule has 0 bridgehead atoms. The fourth-order valence-corrected chi connectivity index (χ4v) is 12.1. The van der Waals surface area contributed by atoms with E-state index in [1.54, 1.807) is 22.8 Å². The molecule has 0 saturated heterocycles. The predicted octanol–water partition coefficient (Wildman–Crippen LogP) is 21.5. The van der Waals surface area contributed by atoms with Crippen LogP contribution in [-0.2, 0) is 53.6 Å². The molecule has 0 saturated carbocycles. The molecule has 0 fully saturated rings. The maximum atomic E-state index is 9.34. The second-order valence-electron chi connectivity index (χ2n) is 28.3. The summed E-state index contributed by atoms with van der Waals surface area (Å²) in [7, 11) is 0. The van der Waals surface area contributed by atoms with Crippen molar-refractivity contribution in [3.8, 4) is 50.7 Å². The van der Waals surface area contributed by atoms with Crippen LogP contribution >= 0.6 is 0 Å². The molecule has 1 aliphatic heterocycles. The third-order valence-corrected chi connectivity index (χ3v) is 17.2. The topological polar surface area (TPSA) is 33.5 Å². The molecule has 0 N–H and O–H groups in total.